The van der Waals surface area contributed by atoms with E-state index in [0.29, 0.717) is 12.2 Å². The summed E-state index contributed by atoms with van der Waals surface area (Å²) in [5.41, 5.74) is 1.78. The molecule has 1 aliphatic heterocycles. The quantitative estimate of drug-likeness (QED) is 0.804. The smallest absolute Gasteiger partial charge is 0.255 e. The fraction of sp³-hybridized carbons (Fsp3) is 0.333. The average molecular weight is 375 g/mol. The molecule has 0 bridgehead atoms. The lowest BCUT2D eigenvalue weighted by Gasteiger charge is -2.25. The number of carbonyl (C=O) groups excluding carboxylic acids is 1. The van der Waals surface area contributed by atoms with E-state index in [1.165, 1.54) is 0 Å². The molecule has 23 heavy (non-hydrogen) atoms. The molecule has 0 saturated carbocycles. The van der Waals surface area contributed by atoms with Crippen molar-refractivity contribution in [1.29, 1.82) is 0 Å². The molecule has 1 aliphatic rings. The number of likely N-dealkylation sites (tertiary alicyclic amines) is 1. The van der Waals surface area contributed by atoms with Crippen LogP contribution in [0.3, 0.4) is 0 Å². The standard InChI is InChI=1S/C18H19BrN2O2/c1-2-23-16-7-5-13(6-8-16)17-4-3-9-21(17)18(22)14-10-15(19)12-20-11-14/h5-8,10-12,17H,2-4,9H2,1H3/t17-/m0/s1. The van der Waals surface area contributed by atoms with E-state index in [1.807, 2.05) is 30.0 Å². The molecule has 5 heteroatoms. The number of amides is 1. The van der Waals surface area contributed by atoms with Gasteiger partial charge in [-0.25, -0.2) is 0 Å². The van der Waals surface area contributed by atoms with Crippen molar-refractivity contribution in [2.45, 2.75) is 25.8 Å². The summed E-state index contributed by atoms with van der Waals surface area (Å²) < 4.78 is 6.31. The monoisotopic (exact) mass is 374 g/mol. The number of benzene rings is 1. The maximum absolute atomic E-state index is 12.8. The molecule has 0 aliphatic carbocycles. The van der Waals surface area contributed by atoms with Crippen molar-refractivity contribution in [2.24, 2.45) is 0 Å². The van der Waals surface area contributed by atoms with Gasteiger partial charge in [0.1, 0.15) is 5.75 Å². The van der Waals surface area contributed by atoms with Gasteiger partial charge < -0.3 is 9.64 Å². The van der Waals surface area contributed by atoms with Crippen LogP contribution < -0.4 is 4.74 Å². The Kier molecular flexibility index (Phi) is 4.96. The minimum absolute atomic E-state index is 0.0372. The van der Waals surface area contributed by atoms with E-state index in [2.05, 4.69) is 33.0 Å². The summed E-state index contributed by atoms with van der Waals surface area (Å²) in [6, 6.07) is 10.0. The number of halogens is 1. The van der Waals surface area contributed by atoms with E-state index < -0.39 is 0 Å². The Bertz CT molecular complexity index is 688. The van der Waals surface area contributed by atoms with Crippen molar-refractivity contribution in [3.63, 3.8) is 0 Å². The highest BCUT2D eigenvalue weighted by molar-refractivity contribution is 9.10. The third kappa shape index (κ3) is 3.55. The van der Waals surface area contributed by atoms with Gasteiger partial charge in [-0.15, -0.1) is 0 Å². The van der Waals surface area contributed by atoms with E-state index in [0.717, 1.165) is 35.2 Å². The molecule has 2 aromatic rings. The second-order valence-electron chi connectivity index (χ2n) is 5.55. The highest BCUT2D eigenvalue weighted by Crippen LogP contribution is 2.34. The van der Waals surface area contributed by atoms with Gasteiger partial charge in [-0.2, -0.15) is 0 Å². The SMILES string of the molecule is CCOc1ccc([C@@H]2CCCN2C(=O)c2cncc(Br)c2)cc1. The maximum Gasteiger partial charge on any atom is 0.255 e. The third-order valence-electron chi connectivity index (χ3n) is 4.04. The Morgan fingerprint density at radius 3 is 2.83 bits per heavy atom. The van der Waals surface area contributed by atoms with E-state index in [-0.39, 0.29) is 11.9 Å². The van der Waals surface area contributed by atoms with Crippen molar-refractivity contribution in [3.05, 3.63) is 58.3 Å². The normalized spacial score (nSPS) is 17.3. The number of ether oxygens (including phenoxy) is 1. The van der Waals surface area contributed by atoms with E-state index in [9.17, 15) is 4.79 Å². The van der Waals surface area contributed by atoms with Gasteiger partial charge in [-0.05, 0) is 59.5 Å². The first kappa shape index (κ1) is 16.0. The zero-order valence-corrected chi connectivity index (χ0v) is 14.6. The second-order valence-corrected chi connectivity index (χ2v) is 6.47. The van der Waals surface area contributed by atoms with Crippen molar-refractivity contribution in [1.82, 2.24) is 9.88 Å². The van der Waals surface area contributed by atoms with Gasteiger partial charge in [0.05, 0.1) is 18.2 Å². The summed E-state index contributed by atoms with van der Waals surface area (Å²) in [5, 5.41) is 0. The van der Waals surface area contributed by atoms with Gasteiger partial charge >= 0.3 is 0 Å². The zero-order valence-electron chi connectivity index (χ0n) is 13.0. The number of hydrogen-bond donors (Lipinski definition) is 0. The Morgan fingerprint density at radius 1 is 1.35 bits per heavy atom. The Morgan fingerprint density at radius 2 is 2.13 bits per heavy atom. The number of carbonyl (C=O) groups is 1. The van der Waals surface area contributed by atoms with E-state index >= 15 is 0 Å². The fourth-order valence-corrected chi connectivity index (χ4v) is 3.37. The molecule has 120 valence electrons. The summed E-state index contributed by atoms with van der Waals surface area (Å²) >= 11 is 3.37. The lowest BCUT2D eigenvalue weighted by Crippen LogP contribution is -2.30. The average Bonchev–Trinajstić information content (AvgIpc) is 3.05. The molecule has 3 rings (SSSR count). The largest absolute Gasteiger partial charge is 0.494 e. The Balaban J connectivity index is 1.81. The van der Waals surface area contributed by atoms with Crippen molar-refractivity contribution >= 4 is 21.8 Å². The first-order valence-electron chi connectivity index (χ1n) is 7.83. The molecule has 1 amide bonds. The van der Waals surface area contributed by atoms with Crippen LogP contribution in [0.5, 0.6) is 5.75 Å². The highest BCUT2D eigenvalue weighted by Gasteiger charge is 2.30. The first-order chi connectivity index (χ1) is 11.2. The second kappa shape index (κ2) is 7.13. The molecular formula is C18H19BrN2O2. The lowest BCUT2D eigenvalue weighted by molar-refractivity contribution is 0.0735. The van der Waals surface area contributed by atoms with Gasteiger partial charge in [0.2, 0.25) is 0 Å². The van der Waals surface area contributed by atoms with Crippen LogP contribution in [0.2, 0.25) is 0 Å². The topological polar surface area (TPSA) is 42.4 Å². The number of nitrogens with zero attached hydrogens (tertiary/aromatic N) is 2. The fourth-order valence-electron chi connectivity index (χ4n) is 3.00. The molecular weight excluding hydrogens is 356 g/mol. The molecule has 4 nitrogen and oxygen atoms in total. The third-order valence-corrected chi connectivity index (χ3v) is 4.48. The number of rotatable bonds is 4. The molecule has 0 unspecified atom stereocenters. The van der Waals surface area contributed by atoms with Crippen molar-refractivity contribution < 1.29 is 9.53 Å². The van der Waals surface area contributed by atoms with Crippen LogP contribution in [0.15, 0.2) is 47.2 Å². The summed E-state index contributed by atoms with van der Waals surface area (Å²) in [7, 11) is 0. The van der Waals surface area contributed by atoms with Gasteiger partial charge in [-0.3, -0.25) is 9.78 Å². The van der Waals surface area contributed by atoms with Crippen LogP contribution in [0.4, 0.5) is 0 Å². The summed E-state index contributed by atoms with van der Waals surface area (Å²) in [6.45, 7) is 3.41. The van der Waals surface area contributed by atoms with E-state index in [1.54, 1.807) is 12.4 Å². The molecule has 2 heterocycles. The van der Waals surface area contributed by atoms with Crippen LogP contribution in [0.25, 0.3) is 0 Å². The van der Waals surface area contributed by atoms with Gasteiger partial charge in [-0.1, -0.05) is 12.1 Å². The zero-order chi connectivity index (χ0) is 16.2. The number of aromatic nitrogens is 1. The summed E-state index contributed by atoms with van der Waals surface area (Å²) in [6.07, 6.45) is 5.32. The minimum atomic E-state index is 0.0372. The van der Waals surface area contributed by atoms with Crippen LogP contribution >= 0.6 is 15.9 Å². The highest BCUT2D eigenvalue weighted by atomic mass is 79.9. The molecule has 0 N–H and O–H groups in total. The molecule has 1 aromatic carbocycles. The maximum atomic E-state index is 12.8. The number of pyridine rings is 1. The molecule has 1 fully saturated rings. The van der Waals surface area contributed by atoms with Gasteiger partial charge in [0, 0.05) is 23.4 Å². The lowest BCUT2D eigenvalue weighted by atomic mass is 10.0. The molecule has 0 radical (unpaired) electrons. The van der Waals surface area contributed by atoms with E-state index in [4.69, 9.17) is 4.74 Å². The molecule has 0 spiro atoms. The van der Waals surface area contributed by atoms with Gasteiger partial charge in [0.15, 0.2) is 0 Å². The van der Waals surface area contributed by atoms with Crippen molar-refractivity contribution in [2.75, 3.05) is 13.2 Å². The number of hydrogen-bond acceptors (Lipinski definition) is 3. The summed E-state index contributed by atoms with van der Waals surface area (Å²) in [4.78, 5) is 18.8. The minimum Gasteiger partial charge on any atom is -0.494 e. The Labute approximate surface area is 144 Å². The molecule has 1 aromatic heterocycles. The van der Waals surface area contributed by atoms with Crippen LogP contribution in [-0.2, 0) is 0 Å². The predicted molar refractivity (Wildman–Crippen MR) is 92.6 cm³/mol. The Hall–Kier alpha value is -1.88. The summed E-state index contributed by atoms with van der Waals surface area (Å²) in [5.74, 6) is 0.901. The van der Waals surface area contributed by atoms with Crippen LogP contribution in [0.1, 0.15) is 41.7 Å². The van der Waals surface area contributed by atoms with Crippen LogP contribution in [-0.4, -0.2) is 28.9 Å². The molecule has 1 saturated heterocycles. The van der Waals surface area contributed by atoms with Crippen molar-refractivity contribution in [3.8, 4) is 5.75 Å². The van der Waals surface area contributed by atoms with Crippen LogP contribution in [0, 0.1) is 0 Å². The van der Waals surface area contributed by atoms with Gasteiger partial charge in [0.25, 0.3) is 5.91 Å². The molecule has 1 atom stereocenters. The first-order valence-corrected chi connectivity index (χ1v) is 8.62. The predicted octanol–water partition coefficient (Wildman–Crippen LogP) is 4.22.